The summed E-state index contributed by atoms with van der Waals surface area (Å²) in [6, 6.07) is 11.2. The maximum Gasteiger partial charge on any atom is 0.251 e. The molecular formula is C22H23Cl2N3O2. The van der Waals surface area contributed by atoms with E-state index in [0.29, 0.717) is 28.1 Å². The molecular weight excluding hydrogens is 409 g/mol. The SMILES string of the molecule is COC1CCC(NC(=O)c2ccc3nc(Cc4c(Cl)cccc4Cl)[nH]c3c2)CC1. The molecule has 1 aliphatic carbocycles. The lowest BCUT2D eigenvalue weighted by Gasteiger charge is -2.28. The molecule has 7 heteroatoms. The van der Waals surface area contributed by atoms with E-state index in [1.165, 1.54) is 0 Å². The van der Waals surface area contributed by atoms with Crippen LogP contribution in [0.15, 0.2) is 36.4 Å². The third-order valence-electron chi connectivity index (χ3n) is 5.54. The van der Waals surface area contributed by atoms with Crippen LogP contribution in [0.25, 0.3) is 11.0 Å². The third kappa shape index (κ3) is 4.58. The van der Waals surface area contributed by atoms with Gasteiger partial charge in [-0.25, -0.2) is 4.98 Å². The molecule has 0 aliphatic heterocycles. The molecule has 1 amide bonds. The summed E-state index contributed by atoms with van der Waals surface area (Å²) in [5.74, 6) is 0.698. The standard InChI is InChI=1S/C22H23Cl2N3O2/c1-29-15-8-6-14(7-9-15)25-22(28)13-5-10-19-20(11-13)27-21(26-19)12-16-17(23)3-2-4-18(16)24/h2-5,10-11,14-15H,6-9,12H2,1H3,(H,25,28)(H,26,27). The Morgan fingerprint density at radius 1 is 1.17 bits per heavy atom. The van der Waals surface area contributed by atoms with Gasteiger partial charge in [-0.1, -0.05) is 29.3 Å². The molecule has 0 atom stereocenters. The van der Waals surface area contributed by atoms with E-state index in [1.54, 1.807) is 7.11 Å². The van der Waals surface area contributed by atoms with E-state index < -0.39 is 0 Å². The Balaban J connectivity index is 1.47. The Bertz CT molecular complexity index is 1010. The quantitative estimate of drug-likeness (QED) is 0.586. The van der Waals surface area contributed by atoms with Crippen molar-refractivity contribution >= 4 is 40.1 Å². The summed E-state index contributed by atoms with van der Waals surface area (Å²) in [4.78, 5) is 20.6. The monoisotopic (exact) mass is 431 g/mol. The van der Waals surface area contributed by atoms with Gasteiger partial charge in [-0.05, 0) is 61.6 Å². The van der Waals surface area contributed by atoms with Gasteiger partial charge in [0.1, 0.15) is 5.82 Å². The van der Waals surface area contributed by atoms with Gasteiger partial charge in [0.15, 0.2) is 0 Å². The fourth-order valence-corrected chi connectivity index (χ4v) is 4.40. The van der Waals surface area contributed by atoms with Crippen LogP contribution in [0, 0.1) is 0 Å². The maximum absolute atomic E-state index is 12.7. The highest BCUT2D eigenvalue weighted by Crippen LogP contribution is 2.27. The number of fused-ring (bicyclic) bond motifs is 1. The highest BCUT2D eigenvalue weighted by molar-refractivity contribution is 6.36. The van der Waals surface area contributed by atoms with Gasteiger partial charge in [-0.2, -0.15) is 0 Å². The second kappa shape index (κ2) is 8.74. The first-order chi connectivity index (χ1) is 14.0. The first-order valence-corrected chi connectivity index (χ1v) is 10.5. The largest absolute Gasteiger partial charge is 0.381 e. The summed E-state index contributed by atoms with van der Waals surface area (Å²) in [6.45, 7) is 0. The number of carbonyl (C=O) groups excluding carboxylic acids is 1. The van der Waals surface area contributed by atoms with E-state index in [-0.39, 0.29) is 11.9 Å². The summed E-state index contributed by atoms with van der Waals surface area (Å²) >= 11 is 12.5. The summed E-state index contributed by atoms with van der Waals surface area (Å²) in [7, 11) is 1.75. The number of methoxy groups -OCH3 is 1. The molecule has 5 nitrogen and oxygen atoms in total. The average molecular weight is 432 g/mol. The number of ether oxygens (including phenoxy) is 1. The Kier molecular flexibility index (Phi) is 6.09. The first-order valence-electron chi connectivity index (χ1n) is 9.78. The number of hydrogen-bond donors (Lipinski definition) is 2. The Hall–Kier alpha value is -2.08. The predicted molar refractivity (Wildman–Crippen MR) is 116 cm³/mol. The zero-order chi connectivity index (χ0) is 20.4. The van der Waals surface area contributed by atoms with Gasteiger partial charge in [0, 0.05) is 35.2 Å². The lowest BCUT2D eigenvalue weighted by Crippen LogP contribution is -2.38. The van der Waals surface area contributed by atoms with E-state index in [2.05, 4.69) is 15.3 Å². The van der Waals surface area contributed by atoms with Gasteiger partial charge in [0.2, 0.25) is 0 Å². The van der Waals surface area contributed by atoms with E-state index in [4.69, 9.17) is 27.9 Å². The Labute approximate surface area is 179 Å². The van der Waals surface area contributed by atoms with Crippen LogP contribution in [0.2, 0.25) is 10.0 Å². The number of aromatic nitrogens is 2. The fraction of sp³-hybridized carbons (Fsp3) is 0.364. The topological polar surface area (TPSA) is 67.0 Å². The smallest absolute Gasteiger partial charge is 0.251 e. The fourth-order valence-electron chi connectivity index (χ4n) is 3.87. The summed E-state index contributed by atoms with van der Waals surface area (Å²) in [5.41, 5.74) is 3.08. The maximum atomic E-state index is 12.7. The minimum Gasteiger partial charge on any atom is -0.381 e. The van der Waals surface area contributed by atoms with Crippen molar-refractivity contribution < 1.29 is 9.53 Å². The number of benzene rings is 2. The molecule has 0 spiro atoms. The van der Waals surface area contributed by atoms with Crippen molar-refractivity contribution in [3.63, 3.8) is 0 Å². The molecule has 0 saturated heterocycles. The second-order valence-electron chi connectivity index (χ2n) is 7.48. The highest BCUT2D eigenvalue weighted by atomic mass is 35.5. The number of imidazole rings is 1. The second-order valence-corrected chi connectivity index (χ2v) is 8.29. The van der Waals surface area contributed by atoms with Gasteiger partial charge in [-0.15, -0.1) is 0 Å². The van der Waals surface area contributed by atoms with Crippen LogP contribution in [0.1, 0.15) is 47.4 Å². The number of halogens is 2. The van der Waals surface area contributed by atoms with Crippen molar-refractivity contribution in [2.24, 2.45) is 0 Å². The normalized spacial score (nSPS) is 19.4. The number of carbonyl (C=O) groups is 1. The van der Waals surface area contributed by atoms with Crippen LogP contribution in [-0.2, 0) is 11.2 Å². The van der Waals surface area contributed by atoms with Crippen molar-refractivity contribution in [2.75, 3.05) is 7.11 Å². The molecule has 152 valence electrons. The van der Waals surface area contributed by atoms with Crippen LogP contribution in [0.5, 0.6) is 0 Å². The highest BCUT2D eigenvalue weighted by Gasteiger charge is 2.22. The molecule has 1 aliphatic rings. The molecule has 1 saturated carbocycles. The van der Waals surface area contributed by atoms with Crippen LogP contribution in [0.3, 0.4) is 0 Å². The molecule has 2 N–H and O–H groups in total. The van der Waals surface area contributed by atoms with Crippen LogP contribution in [-0.4, -0.2) is 35.1 Å². The summed E-state index contributed by atoms with van der Waals surface area (Å²) < 4.78 is 5.40. The number of nitrogens with zero attached hydrogens (tertiary/aromatic N) is 1. The molecule has 1 fully saturated rings. The Morgan fingerprint density at radius 2 is 1.90 bits per heavy atom. The van der Waals surface area contributed by atoms with E-state index in [9.17, 15) is 4.79 Å². The lowest BCUT2D eigenvalue weighted by atomic mass is 9.93. The number of nitrogens with one attached hydrogen (secondary N) is 2. The van der Waals surface area contributed by atoms with Crippen molar-refractivity contribution in [3.8, 4) is 0 Å². The molecule has 4 rings (SSSR count). The van der Waals surface area contributed by atoms with Gasteiger partial charge in [0.05, 0.1) is 17.1 Å². The molecule has 3 aromatic rings. The molecule has 0 unspecified atom stereocenters. The number of hydrogen-bond acceptors (Lipinski definition) is 3. The Morgan fingerprint density at radius 3 is 2.59 bits per heavy atom. The zero-order valence-electron chi connectivity index (χ0n) is 16.2. The molecule has 1 aromatic heterocycles. The minimum atomic E-state index is -0.0573. The summed E-state index contributed by atoms with van der Waals surface area (Å²) in [5, 5.41) is 4.37. The number of aromatic amines is 1. The first kappa shape index (κ1) is 20.2. The van der Waals surface area contributed by atoms with Gasteiger partial charge in [-0.3, -0.25) is 4.79 Å². The lowest BCUT2D eigenvalue weighted by molar-refractivity contribution is 0.0599. The number of amides is 1. The predicted octanol–water partition coefficient (Wildman–Crippen LogP) is 5.15. The van der Waals surface area contributed by atoms with Gasteiger partial charge in [0.25, 0.3) is 5.91 Å². The van der Waals surface area contributed by atoms with Gasteiger partial charge >= 0.3 is 0 Å². The van der Waals surface area contributed by atoms with Crippen molar-refractivity contribution in [3.05, 3.63) is 63.4 Å². The third-order valence-corrected chi connectivity index (χ3v) is 6.25. The van der Waals surface area contributed by atoms with Gasteiger partial charge < -0.3 is 15.0 Å². The van der Waals surface area contributed by atoms with E-state index >= 15 is 0 Å². The van der Waals surface area contributed by atoms with Crippen LogP contribution >= 0.6 is 23.2 Å². The average Bonchev–Trinajstić information content (AvgIpc) is 3.13. The number of rotatable bonds is 5. The van der Waals surface area contributed by atoms with Crippen LogP contribution in [0.4, 0.5) is 0 Å². The minimum absolute atomic E-state index is 0.0573. The zero-order valence-corrected chi connectivity index (χ0v) is 17.7. The van der Waals surface area contributed by atoms with E-state index in [1.807, 2.05) is 36.4 Å². The molecule has 0 bridgehead atoms. The van der Waals surface area contributed by atoms with Crippen molar-refractivity contribution in [2.45, 2.75) is 44.2 Å². The number of H-pyrrole nitrogens is 1. The molecule has 2 aromatic carbocycles. The molecule has 0 radical (unpaired) electrons. The molecule has 1 heterocycles. The molecule has 29 heavy (non-hydrogen) atoms. The van der Waals surface area contributed by atoms with E-state index in [0.717, 1.165) is 48.1 Å². The van der Waals surface area contributed by atoms with Crippen LogP contribution < -0.4 is 5.32 Å². The van der Waals surface area contributed by atoms with Crippen molar-refractivity contribution in [1.29, 1.82) is 0 Å². The van der Waals surface area contributed by atoms with Crippen molar-refractivity contribution in [1.82, 2.24) is 15.3 Å². The summed E-state index contributed by atoms with van der Waals surface area (Å²) in [6.07, 6.45) is 4.66.